The highest BCUT2D eigenvalue weighted by Crippen LogP contribution is 2.29. The van der Waals surface area contributed by atoms with Gasteiger partial charge in [-0.1, -0.05) is 0 Å². The molecule has 0 bridgehead atoms. The molecule has 0 rings (SSSR count). The average molecular weight is 848 g/mol. The molecule has 0 aliphatic rings. The predicted molar refractivity (Wildman–Crippen MR) is 200 cm³/mol. The van der Waals surface area contributed by atoms with E-state index in [1.165, 1.54) is 7.05 Å². The second-order valence-corrected chi connectivity index (χ2v) is 15.8. The van der Waals surface area contributed by atoms with Gasteiger partial charge in [0.05, 0.1) is 33.3 Å². The summed E-state index contributed by atoms with van der Waals surface area (Å²) in [7, 11) is 2.85. The predicted octanol–water partition coefficient (Wildman–Crippen LogP) is 7.08. The van der Waals surface area contributed by atoms with Crippen LogP contribution in [0.1, 0.15) is 102 Å². The fraction of sp³-hybridized carbons (Fsp3) is 0.824. The summed E-state index contributed by atoms with van der Waals surface area (Å²) in [6.07, 6.45) is -5.70. The van der Waals surface area contributed by atoms with E-state index in [4.69, 9.17) is 28.4 Å². The van der Waals surface area contributed by atoms with Gasteiger partial charge in [0, 0.05) is 25.8 Å². The van der Waals surface area contributed by atoms with Crippen molar-refractivity contribution < 1.29 is 84.2 Å². The van der Waals surface area contributed by atoms with Crippen LogP contribution in [0.3, 0.4) is 0 Å². The number of amides is 1. The fourth-order valence-electron chi connectivity index (χ4n) is 3.63. The van der Waals surface area contributed by atoms with Crippen molar-refractivity contribution in [2.75, 3.05) is 34.5 Å². The van der Waals surface area contributed by atoms with E-state index < -0.39 is 115 Å². The summed E-state index contributed by atoms with van der Waals surface area (Å²) in [4.78, 5) is 70.7. The molecule has 0 aromatic rings. The Morgan fingerprint density at radius 3 is 1.24 bits per heavy atom. The lowest BCUT2D eigenvalue weighted by Gasteiger charge is -2.32. The zero-order valence-electron chi connectivity index (χ0n) is 34.4. The Bertz CT molecular complexity index is 1240. The van der Waals surface area contributed by atoms with Crippen LogP contribution in [0.15, 0.2) is 0 Å². The van der Waals surface area contributed by atoms with Crippen LogP contribution in [0.5, 0.6) is 0 Å². The zero-order valence-corrected chi connectivity index (χ0v) is 36.4. The van der Waals surface area contributed by atoms with Crippen LogP contribution in [0.2, 0.25) is 0 Å². The molecule has 55 heavy (non-hydrogen) atoms. The summed E-state index contributed by atoms with van der Waals surface area (Å²) in [6, 6.07) is -1.36. The summed E-state index contributed by atoms with van der Waals surface area (Å²) in [6.45, 7) is 18.2. The second kappa shape index (κ2) is 23.6. The summed E-state index contributed by atoms with van der Waals surface area (Å²) in [5.41, 5.74) is -3.35. The molecule has 0 aromatic heterocycles. The Labute approximate surface area is 334 Å². The van der Waals surface area contributed by atoms with Gasteiger partial charge in [-0.3, -0.25) is 4.79 Å². The Morgan fingerprint density at radius 1 is 0.545 bits per heavy atom. The molecule has 15 nitrogen and oxygen atoms in total. The Balaban J connectivity index is -0.000000457. The number of nitrogens with zero attached hydrogens (tertiary/aromatic N) is 1. The highest BCUT2D eigenvalue weighted by Gasteiger charge is 2.45. The number of likely N-dealkylation sites (N-methyl/N-ethyl adjacent to an activating group) is 1. The maximum atomic E-state index is 14.0. The Kier molecular flexibility index (Phi) is 25.1. The number of hydrogen-bond donors (Lipinski definition) is 0. The number of carbonyl (C=O) groups is 6. The molecule has 0 heterocycles. The lowest BCUT2D eigenvalue weighted by atomic mass is 9.98. The molecule has 2 atom stereocenters. The van der Waals surface area contributed by atoms with Gasteiger partial charge in [0.1, 0.15) is 29.0 Å². The number of carbonyl (C=O) groups excluding carboxylic acids is 6. The normalized spacial score (nSPS) is 13.0. The van der Waals surface area contributed by atoms with Gasteiger partial charge in [-0.15, -0.1) is 0 Å². The van der Waals surface area contributed by atoms with E-state index in [1.807, 2.05) is 0 Å². The minimum Gasteiger partial charge on any atom is -0.465 e. The molecule has 326 valence electrons. The number of ether oxygens (including phenoxy) is 8. The number of alkyl halides is 4. The van der Waals surface area contributed by atoms with Crippen molar-refractivity contribution in [1.82, 2.24) is 4.90 Å². The molecule has 0 aliphatic carbocycles. The first-order chi connectivity index (χ1) is 23.5. The maximum absolute atomic E-state index is 14.0. The fourth-order valence-corrected chi connectivity index (χ4v) is 3.63. The zero-order chi connectivity index (χ0) is 42.4. The Morgan fingerprint density at radius 2 is 0.891 bits per heavy atom. The molecule has 0 fully saturated rings. The lowest BCUT2D eigenvalue weighted by molar-refractivity contribution is -0.173. The summed E-state index contributed by atoms with van der Waals surface area (Å²) in [5.74, 6) is -13.1. The molecule has 0 radical (unpaired) electrons. The van der Waals surface area contributed by atoms with Crippen LogP contribution in [0, 0.1) is 5.92 Å². The third-order valence-electron chi connectivity index (χ3n) is 5.72. The van der Waals surface area contributed by atoms with Crippen molar-refractivity contribution in [3.63, 3.8) is 0 Å². The number of esters is 3. The maximum Gasteiger partial charge on any atom is 0.508 e. The lowest BCUT2D eigenvalue weighted by Crippen LogP contribution is -2.47. The standard InChI is InChI=1S/C17H29F2NO7.C17H28F2O7.2H2S/c1-15(2,3)26-13(22)20(7)11(9-17(18,19)12(21)24-8)10-25-14(23)27-16(4,5)6;1-15(2,3)25-12(20)8-11(9-17(18,19)13(21)23-7)10-24-14(22)26-16(4,5)6;;/h11H,9-10H2,1-8H3;11H,8-10H2,1-7H3;2*1H2/t2*11-;;/m00../s1. The Hall–Kier alpha value is -3.36. The third-order valence-corrected chi connectivity index (χ3v) is 5.72. The van der Waals surface area contributed by atoms with Crippen LogP contribution >= 0.6 is 27.0 Å². The molecular weight excluding hydrogens is 786 g/mol. The molecule has 0 aromatic carbocycles. The molecule has 0 unspecified atom stereocenters. The molecule has 21 heteroatoms. The summed E-state index contributed by atoms with van der Waals surface area (Å²) in [5, 5.41) is 0. The van der Waals surface area contributed by atoms with Crippen molar-refractivity contribution in [3.8, 4) is 0 Å². The molecule has 0 aliphatic heterocycles. The van der Waals surface area contributed by atoms with Crippen molar-refractivity contribution in [1.29, 1.82) is 0 Å². The minimum atomic E-state index is -3.90. The van der Waals surface area contributed by atoms with Gasteiger partial charge in [-0.25, -0.2) is 24.0 Å². The third kappa shape index (κ3) is 28.7. The quantitative estimate of drug-likeness (QED) is 0.104. The van der Waals surface area contributed by atoms with E-state index in [2.05, 4.69) is 9.47 Å². The van der Waals surface area contributed by atoms with Gasteiger partial charge in [-0.2, -0.15) is 44.6 Å². The first-order valence-electron chi connectivity index (χ1n) is 16.4. The molecule has 0 spiro atoms. The topological polar surface area (TPSA) is 180 Å². The second-order valence-electron chi connectivity index (χ2n) is 15.8. The van der Waals surface area contributed by atoms with E-state index in [-0.39, 0.29) is 27.0 Å². The number of methoxy groups -OCH3 is 2. The highest BCUT2D eigenvalue weighted by molar-refractivity contribution is 7.59. The van der Waals surface area contributed by atoms with Gasteiger partial charge in [-0.05, 0) is 83.1 Å². The van der Waals surface area contributed by atoms with E-state index in [0.29, 0.717) is 0 Å². The van der Waals surface area contributed by atoms with Crippen LogP contribution in [0.25, 0.3) is 0 Å². The molecule has 0 saturated carbocycles. The van der Waals surface area contributed by atoms with Gasteiger partial charge in [0.2, 0.25) is 0 Å². The van der Waals surface area contributed by atoms with Crippen LogP contribution in [0.4, 0.5) is 31.9 Å². The SMILES string of the molecule is COC(=O)C(F)(F)C[C@@H](COC(=O)OC(C)(C)C)CC(=O)OC(C)(C)C.COC(=O)C(F)(F)C[C@@H](COC(=O)OC(C)(C)C)N(C)C(=O)OC(C)(C)C.S.S. The first kappa shape index (κ1) is 58.3. The van der Waals surface area contributed by atoms with Crippen molar-refractivity contribution >= 4 is 63.3 Å². The average Bonchev–Trinajstić information content (AvgIpc) is 2.93. The van der Waals surface area contributed by atoms with E-state index in [0.717, 1.165) is 19.1 Å². The summed E-state index contributed by atoms with van der Waals surface area (Å²) >= 11 is 0. The minimum absolute atomic E-state index is 0. The molecule has 0 N–H and O–H groups in total. The summed E-state index contributed by atoms with van der Waals surface area (Å²) < 4.78 is 93.6. The van der Waals surface area contributed by atoms with Crippen molar-refractivity contribution in [2.24, 2.45) is 5.92 Å². The van der Waals surface area contributed by atoms with Gasteiger partial charge >= 0.3 is 48.2 Å². The van der Waals surface area contributed by atoms with Crippen LogP contribution in [-0.2, 0) is 52.3 Å². The largest absolute Gasteiger partial charge is 0.508 e. The van der Waals surface area contributed by atoms with Crippen molar-refractivity contribution in [2.45, 2.75) is 143 Å². The van der Waals surface area contributed by atoms with Gasteiger partial charge < -0.3 is 42.8 Å². The van der Waals surface area contributed by atoms with Gasteiger partial charge in [0.25, 0.3) is 0 Å². The smallest absolute Gasteiger partial charge is 0.465 e. The van der Waals surface area contributed by atoms with Crippen LogP contribution < -0.4 is 0 Å². The van der Waals surface area contributed by atoms with Crippen molar-refractivity contribution in [3.05, 3.63) is 0 Å². The van der Waals surface area contributed by atoms with E-state index >= 15 is 0 Å². The van der Waals surface area contributed by atoms with Crippen LogP contribution in [-0.4, -0.2) is 116 Å². The number of hydrogen-bond acceptors (Lipinski definition) is 14. The molecular formula is C34H61F4NO14S2. The molecule has 0 saturated heterocycles. The van der Waals surface area contributed by atoms with E-state index in [9.17, 15) is 46.3 Å². The first-order valence-corrected chi connectivity index (χ1v) is 16.4. The monoisotopic (exact) mass is 847 g/mol. The number of halogens is 4. The molecule has 1 amide bonds. The number of rotatable bonds is 13. The highest BCUT2D eigenvalue weighted by atomic mass is 32.1. The van der Waals surface area contributed by atoms with Gasteiger partial charge in [0.15, 0.2) is 0 Å². The van der Waals surface area contributed by atoms with E-state index in [1.54, 1.807) is 83.1 Å².